The number of hydrogen-bond acceptors (Lipinski definition) is 8. The number of carboxylic acid groups (broad SMARTS) is 1. The van der Waals surface area contributed by atoms with Gasteiger partial charge >= 0.3 is 5.97 Å². The Morgan fingerprint density at radius 3 is 3.03 bits per heavy atom. The van der Waals surface area contributed by atoms with Crippen molar-refractivity contribution in [3.05, 3.63) is 41.9 Å². The Kier molecular flexibility index (Phi) is 4.11. The number of pyridine rings is 1. The molecule has 0 radical (unpaired) electrons. The smallest absolute Gasteiger partial charge is 0.323 e. The maximum atomic E-state index is 11.0. The monoisotopic (exact) mass is 426 g/mol. The number of fused-ring (bicyclic) bond motifs is 2. The average molecular weight is 427 g/mol. The summed E-state index contributed by atoms with van der Waals surface area (Å²) in [6, 6.07) is 5.48. The Labute approximate surface area is 171 Å². The predicted molar refractivity (Wildman–Crippen MR) is 108 cm³/mol. The number of rotatable bonds is 5. The van der Waals surface area contributed by atoms with Crippen LogP contribution in [0.3, 0.4) is 0 Å². The van der Waals surface area contributed by atoms with Crippen LogP contribution in [-0.2, 0) is 11.3 Å². The molecule has 5 rings (SSSR count). The SMILES string of the molecule is O=C(O)Cn1cnc2c(-c3nnc(Nc4ccc5[nH]ncc5c4Cl)s3)ccnc21. The summed E-state index contributed by atoms with van der Waals surface area (Å²) < 4.78 is 1.47. The van der Waals surface area contributed by atoms with Crippen LogP contribution in [0.5, 0.6) is 0 Å². The van der Waals surface area contributed by atoms with E-state index in [4.69, 9.17) is 16.7 Å². The Morgan fingerprint density at radius 2 is 2.17 bits per heavy atom. The summed E-state index contributed by atoms with van der Waals surface area (Å²) in [5, 5.41) is 30.0. The highest BCUT2D eigenvalue weighted by Crippen LogP contribution is 2.35. The largest absolute Gasteiger partial charge is 0.480 e. The van der Waals surface area contributed by atoms with Gasteiger partial charge in [-0.25, -0.2) is 9.97 Å². The highest BCUT2D eigenvalue weighted by atomic mass is 35.5. The summed E-state index contributed by atoms with van der Waals surface area (Å²) in [4.78, 5) is 19.6. The van der Waals surface area contributed by atoms with Crippen molar-refractivity contribution in [3.8, 4) is 10.6 Å². The van der Waals surface area contributed by atoms with Gasteiger partial charge in [0.25, 0.3) is 0 Å². The van der Waals surface area contributed by atoms with Crippen molar-refractivity contribution in [2.75, 3.05) is 5.32 Å². The van der Waals surface area contributed by atoms with Gasteiger partial charge in [0.15, 0.2) is 10.7 Å². The van der Waals surface area contributed by atoms with Gasteiger partial charge < -0.3 is 15.0 Å². The second-order valence-electron chi connectivity index (χ2n) is 6.09. The number of aliphatic carboxylic acids is 1. The molecule has 29 heavy (non-hydrogen) atoms. The van der Waals surface area contributed by atoms with Gasteiger partial charge in [-0.1, -0.05) is 22.9 Å². The fourth-order valence-corrected chi connectivity index (χ4v) is 4.02. The standard InChI is InChI=1S/C17H11ClN8O2S/c18-13-9-5-21-23-10(9)1-2-11(13)22-17-25-24-16(29-17)8-3-4-19-15-14(8)20-7-26(15)6-12(27)28/h1-5,7H,6H2,(H,21,23)(H,22,25)(H,27,28). The molecule has 144 valence electrons. The van der Waals surface area contributed by atoms with Gasteiger partial charge in [-0.05, 0) is 18.2 Å². The van der Waals surface area contributed by atoms with Gasteiger partial charge in [-0.3, -0.25) is 9.89 Å². The first-order valence-corrected chi connectivity index (χ1v) is 9.54. The van der Waals surface area contributed by atoms with E-state index in [-0.39, 0.29) is 6.54 Å². The summed E-state index contributed by atoms with van der Waals surface area (Å²) in [6.07, 6.45) is 4.71. The van der Waals surface area contributed by atoms with Crippen molar-refractivity contribution < 1.29 is 9.90 Å². The Morgan fingerprint density at radius 1 is 1.28 bits per heavy atom. The third-order valence-corrected chi connectivity index (χ3v) is 5.54. The van der Waals surface area contributed by atoms with Crippen molar-refractivity contribution in [2.24, 2.45) is 0 Å². The Balaban J connectivity index is 1.49. The van der Waals surface area contributed by atoms with Crippen LogP contribution in [0, 0.1) is 0 Å². The molecule has 0 saturated heterocycles. The van der Waals surface area contributed by atoms with E-state index in [0.29, 0.717) is 32.0 Å². The van der Waals surface area contributed by atoms with Gasteiger partial charge in [-0.2, -0.15) is 5.10 Å². The summed E-state index contributed by atoms with van der Waals surface area (Å²) in [7, 11) is 0. The number of halogens is 1. The number of nitrogens with one attached hydrogen (secondary N) is 2. The molecule has 12 heteroatoms. The quantitative estimate of drug-likeness (QED) is 0.389. The first-order valence-electron chi connectivity index (χ1n) is 8.34. The lowest BCUT2D eigenvalue weighted by Gasteiger charge is -2.05. The molecule has 5 aromatic rings. The third kappa shape index (κ3) is 3.05. The van der Waals surface area contributed by atoms with E-state index in [1.54, 1.807) is 18.5 Å². The third-order valence-electron chi connectivity index (χ3n) is 4.26. The van der Waals surface area contributed by atoms with E-state index in [1.807, 2.05) is 12.1 Å². The molecule has 0 aliphatic rings. The maximum Gasteiger partial charge on any atom is 0.323 e. The minimum Gasteiger partial charge on any atom is -0.480 e. The number of hydrogen-bond donors (Lipinski definition) is 3. The molecule has 0 bridgehead atoms. The molecule has 0 fully saturated rings. The van der Waals surface area contributed by atoms with E-state index < -0.39 is 5.97 Å². The first kappa shape index (κ1) is 17.5. The molecular formula is C17H11ClN8O2S. The molecule has 1 aromatic carbocycles. The minimum atomic E-state index is -0.967. The normalized spacial score (nSPS) is 11.3. The molecule has 10 nitrogen and oxygen atoms in total. The zero-order chi connectivity index (χ0) is 20.0. The number of carbonyl (C=O) groups is 1. The van der Waals surface area contributed by atoms with Crippen LogP contribution in [-0.4, -0.2) is 46.0 Å². The van der Waals surface area contributed by atoms with Crippen LogP contribution in [0.25, 0.3) is 32.6 Å². The molecule has 4 heterocycles. The average Bonchev–Trinajstić information content (AvgIpc) is 3.44. The highest BCUT2D eigenvalue weighted by Gasteiger charge is 2.16. The lowest BCUT2D eigenvalue weighted by Crippen LogP contribution is -2.07. The summed E-state index contributed by atoms with van der Waals surface area (Å²) in [6.45, 7) is -0.217. The van der Waals surface area contributed by atoms with Crippen molar-refractivity contribution in [1.29, 1.82) is 0 Å². The van der Waals surface area contributed by atoms with Crippen molar-refractivity contribution in [1.82, 2.24) is 34.9 Å². The number of aromatic nitrogens is 7. The van der Waals surface area contributed by atoms with Gasteiger partial charge in [0.05, 0.1) is 28.8 Å². The molecular weight excluding hydrogens is 416 g/mol. The predicted octanol–water partition coefficient (Wildman–Crippen LogP) is 3.31. The van der Waals surface area contributed by atoms with Gasteiger partial charge in [0.2, 0.25) is 5.13 Å². The van der Waals surface area contributed by atoms with Crippen LogP contribution in [0.2, 0.25) is 5.02 Å². The lowest BCUT2D eigenvalue weighted by atomic mass is 10.2. The number of aromatic amines is 1. The number of benzene rings is 1. The van der Waals surface area contributed by atoms with Gasteiger partial charge in [0, 0.05) is 17.1 Å². The summed E-state index contributed by atoms with van der Waals surface area (Å²) in [5.74, 6) is -0.967. The Hall–Kier alpha value is -3.57. The second-order valence-corrected chi connectivity index (χ2v) is 7.45. The van der Waals surface area contributed by atoms with E-state index in [1.165, 1.54) is 22.2 Å². The molecule has 0 aliphatic carbocycles. The molecule has 0 saturated carbocycles. The molecule has 0 atom stereocenters. The molecule has 0 unspecified atom stereocenters. The van der Waals surface area contributed by atoms with Gasteiger partial charge in [-0.15, -0.1) is 10.2 Å². The number of anilines is 2. The second kappa shape index (κ2) is 6.79. The van der Waals surface area contributed by atoms with Crippen molar-refractivity contribution >= 4 is 61.8 Å². The first-order chi connectivity index (χ1) is 14.1. The fraction of sp³-hybridized carbons (Fsp3) is 0.0588. The summed E-state index contributed by atoms with van der Waals surface area (Å²) in [5.41, 5.74) is 3.29. The molecule has 0 amide bonds. The van der Waals surface area contributed by atoms with Crippen LogP contribution >= 0.6 is 22.9 Å². The molecule has 0 spiro atoms. The van der Waals surface area contributed by atoms with Crippen LogP contribution in [0.1, 0.15) is 0 Å². The maximum absolute atomic E-state index is 11.0. The van der Waals surface area contributed by atoms with Crippen LogP contribution in [0.4, 0.5) is 10.8 Å². The fourth-order valence-electron chi connectivity index (χ4n) is 2.97. The van der Waals surface area contributed by atoms with Crippen LogP contribution < -0.4 is 5.32 Å². The van der Waals surface area contributed by atoms with Crippen LogP contribution in [0.15, 0.2) is 36.9 Å². The molecule has 3 N–H and O–H groups in total. The molecule has 4 aromatic heterocycles. The highest BCUT2D eigenvalue weighted by molar-refractivity contribution is 7.18. The number of nitrogens with zero attached hydrogens (tertiary/aromatic N) is 6. The van der Waals surface area contributed by atoms with Crippen molar-refractivity contribution in [2.45, 2.75) is 6.54 Å². The van der Waals surface area contributed by atoms with E-state index in [9.17, 15) is 4.79 Å². The Bertz CT molecular complexity index is 1370. The number of imidazole rings is 1. The number of H-pyrrole nitrogens is 1. The zero-order valence-corrected chi connectivity index (χ0v) is 16.1. The zero-order valence-electron chi connectivity index (χ0n) is 14.5. The number of carboxylic acids is 1. The molecule has 0 aliphatic heterocycles. The van der Waals surface area contributed by atoms with Crippen molar-refractivity contribution in [3.63, 3.8) is 0 Å². The topological polar surface area (TPSA) is 134 Å². The van der Waals surface area contributed by atoms with E-state index >= 15 is 0 Å². The minimum absolute atomic E-state index is 0.217. The summed E-state index contributed by atoms with van der Waals surface area (Å²) >= 11 is 7.77. The lowest BCUT2D eigenvalue weighted by molar-refractivity contribution is -0.137. The van der Waals surface area contributed by atoms with Gasteiger partial charge in [0.1, 0.15) is 12.1 Å². The van der Waals surface area contributed by atoms with E-state index in [0.717, 1.165) is 16.5 Å². The van der Waals surface area contributed by atoms with E-state index in [2.05, 4.69) is 35.7 Å².